The second-order valence-corrected chi connectivity index (χ2v) is 4.90. The lowest BCUT2D eigenvalue weighted by Crippen LogP contribution is -2.54. The van der Waals surface area contributed by atoms with Gasteiger partial charge < -0.3 is 38.3 Å². The Morgan fingerprint density at radius 2 is 1.40 bits per heavy atom. The molecule has 0 aromatic carbocycles. The molecule has 0 fully saturated rings. The molecule has 0 aliphatic carbocycles. The summed E-state index contributed by atoms with van der Waals surface area (Å²) in [6.07, 6.45) is -1.06. The van der Waals surface area contributed by atoms with E-state index in [-0.39, 0.29) is 0 Å². The van der Waals surface area contributed by atoms with Crippen molar-refractivity contribution in [3.8, 4) is 0 Å². The molecule has 0 spiro atoms. The van der Waals surface area contributed by atoms with Crippen molar-refractivity contribution < 1.29 is 33.9 Å². The molecule has 0 radical (unpaired) electrons. The van der Waals surface area contributed by atoms with Gasteiger partial charge in [-0.15, -0.1) is 0 Å². The van der Waals surface area contributed by atoms with E-state index in [0.717, 1.165) is 0 Å². The third kappa shape index (κ3) is 10.2. The fourth-order valence-electron chi connectivity index (χ4n) is 1.53. The van der Waals surface area contributed by atoms with Crippen LogP contribution in [-0.2, 0) is 28.8 Å². The predicted octanol–water partition coefficient (Wildman–Crippen LogP) is -5.13. The number of carboxylic acid groups (broad SMARTS) is 1. The van der Waals surface area contributed by atoms with Gasteiger partial charge in [-0.3, -0.25) is 28.8 Å². The highest BCUT2D eigenvalue weighted by molar-refractivity contribution is 5.95. The van der Waals surface area contributed by atoms with Crippen molar-refractivity contribution in [2.75, 3.05) is 13.1 Å². The molecule has 140 valence electrons. The van der Waals surface area contributed by atoms with Crippen LogP contribution < -0.4 is 33.2 Å². The Balaban J connectivity index is 4.68. The fraction of sp³-hybridized carbons (Fsp3) is 0.500. The van der Waals surface area contributed by atoms with E-state index >= 15 is 0 Å². The standard InChI is InChI=1S/C12H20N6O7/c13-5(1-7(14)19)11(24)18-6(2-8(15)20)12(25)17-3-9(21)16-4-10(22)23/h5-6H,1-4,13H2,(H2,14,19)(H2,15,20)(H,16,21)(H,17,25)(H,18,24)(H,22,23). The first kappa shape index (κ1) is 21.8. The molecule has 0 saturated heterocycles. The lowest BCUT2D eigenvalue weighted by atomic mass is 10.1. The van der Waals surface area contributed by atoms with Gasteiger partial charge in [-0.1, -0.05) is 0 Å². The largest absolute Gasteiger partial charge is 0.480 e. The summed E-state index contributed by atoms with van der Waals surface area (Å²) in [5.74, 6) is -5.68. The number of aliphatic carboxylic acids is 1. The SMILES string of the molecule is NC(=O)CC(N)C(=O)NC(CC(N)=O)C(=O)NCC(=O)NCC(=O)O. The van der Waals surface area contributed by atoms with Crippen LogP contribution in [0.4, 0.5) is 0 Å². The van der Waals surface area contributed by atoms with Crippen molar-refractivity contribution in [3.05, 3.63) is 0 Å². The second kappa shape index (κ2) is 10.5. The van der Waals surface area contributed by atoms with Crippen LogP contribution in [0.5, 0.6) is 0 Å². The minimum atomic E-state index is -1.43. The molecule has 10 N–H and O–H groups in total. The van der Waals surface area contributed by atoms with E-state index in [9.17, 15) is 28.8 Å². The van der Waals surface area contributed by atoms with Crippen molar-refractivity contribution in [2.45, 2.75) is 24.9 Å². The molecule has 2 unspecified atom stereocenters. The van der Waals surface area contributed by atoms with Gasteiger partial charge in [-0.25, -0.2) is 0 Å². The van der Waals surface area contributed by atoms with Crippen molar-refractivity contribution in [2.24, 2.45) is 17.2 Å². The first-order valence-electron chi connectivity index (χ1n) is 6.91. The van der Waals surface area contributed by atoms with Crippen LogP contribution in [0.3, 0.4) is 0 Å². The molecular formula is C12H20N6O7. The molecule has 2 atom stereocenters. The van der Waals surface area contributed by atoms with Crippen molar-refractivity contribution >= 4 is 35.5 Å². The van der Waals surface area contributed by atoms with Gasteiger partial charge in [0.05, 0.1) is 25.4 Å². The summed E-state index contributed by atoms with van der Waals surface area (Å²) >= 11 is 0. The number of primary amides is 2. The highest BCUT2D eigenvalue weighted by atomic mass is 16.4. The Kier molecular flexibility index (Phi) is 9.18. The van der Waals surface area contributed by atoms with Crippen molar-refractivity contribution in [3.63, 3.8) is 0 Å². The van der Waals surface area contributed by atoms with Crippen LogP contribution in [0.25, 0.3) is 0 Å². The first-order valence-corrected chi connectivity index (χ1v) is 6.91. The summed E-state index contributed by atoms with van der Waals surface area (Å²) in [6, 6.07) is -2.77. The van der Waals surface area contributed by atoms with Crippen LogP contribution >= 0.6 is 0 Å². The van der Waals surface area contributed by atoms with Gasteiger partial charge in [-0.05, 0) is 0 Å². The van der Waals surface area contributed by atoms with Gasteiger partial charge in [0, 0.05) is 0 Å². The summed E-state index contributed by atoms with van der Waals surface area (Å²) in [7, 11) is 0. The van der Waals surface area contributed by atoms with Crippen molar-refractivity contribution in [1.82, 2.24) is 16.0 Å². The molecule has 13 nitrogen and oxygen atoms in total. The smallest absolute Gasteiger partial charge is 0.322 e. The Labute approximate surface area is 141 Å². The number of amides is 5. The maximum absolute atomic E-state index is 11.9. The number of carbonyl (C=O) groups is 6. The molecule has 0 aliphatic heterocycles. The summed E-state index contributed by atoms with van der Waals surface area (Å²) in [5, 5.41) is 14.6. The minimum Gasteiger partial charge on any atom is -0.480 e. The highest BCUT2D eigenvalue weighted by Gasteiger charge is 2.26. The Hall–Kier alpha value is -3.22. The second-order valence-electron chi connectivity index (χ2n) is 4.90. The predicted molar refractivity (Wildman–Crippen MR) is 81.2 cm³/mol. The summed E-state index contributed by atoms with van der Waals surface area (Å²) in [6.45, 7) is -1.23. The molecule has 0 aromatic rings. The zero-order valence-electron chi connectivity index (χ0n) is 13.1. The van der Waals surface area contributed by atoms with E-state index in [1.165, 1.54) is 0 Å². The number of carboxylic acids is 1. The van der Waals surface area contributed by atoms with Gasteiger partial charge in [0.25, 0.3) is 0 Å². The third-order valence-corrected chi connectivity index (χ3v) is 2.66. The monoisotopic (exact) mass is 360 g/mol. The van der Waals surface area contributed by atoms with E-state index in [4.69, 9.17) is 22.3 Å². The molecule has 25 heavy (non-hydrogen) atoms. The molecule has 0 bridgehead atoms. The molecule has 0 saturated carbocycles. The van der Waals surface area contributed by atoms with Gasteiger partial charge in [-0.2, -0.15) is 0 Å². The van der Waals surface area contributed by atoms with E-state index in [1.807, 2.05) is 5.32 Å². The first-order chi connectivity index (χ1) is 11.5. The normalized spacial score (nSPS) is 12.4. The Morgan fingerprint density at radius 1 is 0.840 bits per heavy atom. The number of hydrogen-bond acceptors (Lipinski definition) is 7. The van der Waals surface area contributed by atoms with E-state index < -0.39 is 73.5 Å². The van der Waals surface area contributed by atoms with Crippen LogP contribution in [0.2, 0.25) is 0 Å². The number of nitrogens with one attached hydrogen (secondary N) is 3. The quantitative estimate of drug-likeness (QED) is 0.187. The molecule has 0 aromatic heterocycles. The Bertz CT molecular complexity index is 564. The molecular weight excluding hydrogens is 340 g/mol. The van der Waals surface area contributed by atoms with Gasteiger partial charge in [0.15, 0.2) is 0 Å². The molecule has 5 amide bonds. The van der Waals surface area contributed by atoms with E-state index in [2.05, 4.69) is 10.6 Å². The Morgan fingerprint density at radius 3 is 1.88 bits per heavy atom. The lowest BCUT2D eigenvalue weighted by Gasteiger charge is -2.19. The topological polar surface area (TPSA) is 237 Å². The fourth-order valence-corrected chi connectivity index (χ4v) is 1.53. The zero-order chi connectivity index (χ0) is 19.6. The molecule has 0 aliphatic rings. The van der Waals surface area contributed by atoms with Gasteiger partial charge in [0.2, 0.25) is 29.5 Å². The molecule has 0 heterocycles. The zero-order valence-corrected chi connectivity index (χ0v) is 13.1. The maximum Gasteiger partial charge on any atom is 0.322 e. The van der Waals surface area contributed by atoms with E-state index in [1.54, 1.807) is 0 Å². The van der Waals surface area contributed by atoms with Crippen molar-refractivity contribution in [1.29, 1.82) is 0 Å². The van der Waals surface area contributed by atoms with Crippen LogP contribution in [-0.4, -0.2) is 65.8 Å². The average molecular weight is 360 g/mol. The number of nitrogens with two attached hydrogens (primary N) is 3. The number of rotatable bonds is 11. The van der Waals surface area contributed by atoms with Crippen LogP contribution in [0, 0.1) is 0 Å². The molecule has 13 heteroatoms. The number of hydrogen-bond donors (Lipinski definition) is 7. The number of carbonyl (C=O) groups excluding carboxylic acids is 5. The summed E-state index contributed by atoms with van der Waals surface area (Å²) in [5.41, 5.74) is 15.3. The minimum absolute atomic E-state index is 0.478. The summed E-state index contributed by atoms with van der Waals surface area (Å²) < 4.78 is 0. The lowest BCUT2D eigenvalue weighted by molar-refractivity contribution is -0.138. The van der Waals surface area contributed by atoms with Crippen LogP contribution in [0.15, 0.2) is 0 Å². The van der Waals surface area contributed by atoms with Gasteiger partial charge >= 0.3 is 5.97 Å². The average Bonchev–Trinajstić information content (AvgIpc) is 2.48. The van der Waals surface area contributed by atoms with Gasteiger partial charge in [0.1, 0.15) is 12.6 Å². The van der Waals surface area contributed by atoms with E-state index in [0.29, 0.717) is 0 Å². The van der Waals surface area contributed by atoms with Crippen LogP contribution in [0.1, 0.15) is 12.8 Å². The third-order valence-electron chi connectivity index (χ3n) is 2.66. The maximum atomic E-state index is 11.9. The highest BCUT2D eigenvalue weighted by Crippen LogP contribution is 1.95. The summed E-state index contributed by atoms with van der Waals surface area (Å²) in [4.78, 5) is 67.0. The molecule has 0 rings (SSSR count).